The molecule has 3 rings (SSSR count). The van der Waals surface area contributed by atoms with Gasteiger partial charge in [-0.2, -0.15) is 0 Å². The van der Waals surface area contributed by atoms with Crippen molar-refractivity contribution in [2.75, 3.05) is 6.61 Å². The van der Waals surface area contributed by atoms with Gasteiger partial charge >= 0.3 is 0 Å². The molecule has 0 aromatic heterocycles. The Labute approximate surface area is 134 Å². The Morgan fingerprint density at radius 2 is 2.29 bits per heavy atom. The van der Waals surface area contributed by atoms with E-state index in [9.17, 15) is 4.79 Å². The molecule has 0 radical (unpaired) electrons. The third-order valence-corrected chi connectivity index (χ3v) is 5.48. The van der Waals surface area contributed by atoms with Crippen molar-refractivity contribution in [2.24, 2.45) is 17.8 Å². The Balaban J connectivity index is 1.46. The number of benzene rings is 1. The third-order valence-electron chi connectivity index (χ3n) is 4.99. The van der Waals surface area contributed by atoms with Gasteiger partial charge in [0.2, 0.25) is 0 Å². The number of amides is 1. The van der Waals surface area contributed by atoms with Gasteiger partial charge in [0, 0.05) is 10.5 Å². The minimum Gasteiger partial charge on any atom is -0.484 e. The van der Waals surface area contributed by atoms with E-state index < -0.39 is 0 Å². The van der Waals surface area contributed by atoms with Gasteiger partial charge in [0.25, 0.3) is 5.91 Å². The third kappa shape index (κ3) is 3.60. The Morgan fingerprint density at radius 1 is 1.43 bits per heavy atom. The maximum absolute atomic E-state index is 12.0. The van der Waals surface area contributed by atoms with Gasteiger partial charge in [-0.25, -0.2) is 0 Å². The van der Waals surface area contributed by atoms with Crippen molar-refractivity contribution in [3.8, 4) is 5.75 Å². The largest absolute Gasteiger partial charge is 0.484 e. The number of nitrogens with one attached hydrogen (secondary N) is 1. The van der Waals surface area contributed by atoms with Crippen LogP contribution in [-0.4, -0.2) is 18.6 Å². The molecule has 0 heterocycles. The molecule has 114 valence electrons. The average Bonchev–Trinajstić information content (AvgIpc) is 3.08. The summed E-state index contributed by atoms with van der Waals surface area (Å²) in [5.74, 6) is 3.10. The van der Waals surface area contributed by atoms with Gasteiger partial charge in [-0.15, -0.1) is 0 Å². The fourth-order valence-corrected chi connectivity index (χ4v) is 4.39. The molecular formula is C17H22BrNO2. The Hall–Kier alpha value is -1.03. The minimum absolute atomic E-state index is 0.0229. The summed E-state index contributed by atoms with van der Waals surface area (Å²) in [6.07, 6.45) is 5.41. The lowest BCUT2D eigenvalue weighted by atomic mass is 9.84. The van der Waals surface area contributed by atoms with Gasteiger partial charge in [0.05, 0.1) is 0 Å². The average molecular weight is 352 g/mol. The van der Waals surface area contributed by atoms with E-state index in [4.69, 9.17) is 4.74 Å². The smallest absolute Gasteiger partial charge is 0.258 e. The number of carbonyl (C=O) groups is 1. The first-order valence-corrected chi connectivity index (χ1v) is 8.59. The number of hydrogen-bond donors (Lipinski definition) is 1. The second-order valence-electron chi connectivity index (χ2n) is 6.44. The van der Waals surface area contributed by atoms with Crippen LogP contribution in [-0.2, 0) is 4.79 Å². The van der Waals surface area contributed by atoms with Crippen molar-refractivity contribution in [2.45, 2.75) is 38.6 Å². The standard InChI is InChI=1S/C17H22BrNO2/c1-11(16-8-12-5-6-13(16)7-12)19-17(20)10-21-15-4-2-3-14(18)9-15/h2-4,9,11-13,16H,5-8,10H2,1H3,(H,19,20). The van der Waals surface area contributed by atoms with Crippen LogP contribution >= 0.6 is 15.9 Å². The number of carbonyl (C=O) groups excluding carboxylic acids is 1. The number of fused-ring (bicyclic) bond motifs is 2. The highest BCUT2D eigenvalue weighted by atomic mass is 79.9. The van der Waals surface area contributed by atoms with Crippen molar-refractivity contribution >= 4 is 21.8 Å². The molecule has 2 aliphatic carbocycles. The predicted molar refractivity (Wildman–Crippen MR) is 86.2 cm³/mol. The second-order valence-corrected chi connectivity index (χ2v) is 7.36. The Kier molecular flexibility index (Phi) is 4.53. The molecule has 4 atom stereocenters. The van der Waals surface area contributed by atoms with Gasteiger partial charge in [-0.05, 0) is 62.1 Å². The minimum atomic E-state index is -0.0229. The fraction of sp³-hybridized carbons (Fsp3) is 0.588. The number of halogens is 1. The Bertz CT molecular complexity index is 519. The van der Waals surface area contributed by atoms with E-state index in [1.165, 1.54) is 25.7 Å². The Morgan fingerprint density at radius 3 is 2.95 bits per heavy atom. The van der Waals surface area contributed by atoms with Gasteiger partial charge in [0.1, 0.15) is 5.75 Å². The quantitative estimate of drug-likeness (QED) is 0.876. The molecular weight excluding hydrogens is 330 g/mol. The highest BCUT2D eigenvalue weighted by Gasteiger charge is 2.42. The lowest BCUT2D eigenvalue weighted by molar-refractivity contribution is -0.124. The van der Waals surface area contributed by atoms with E-state index >= 15 is 0 Å². The maximum Gasteiger partial charge on any atom is 0.258 e. The molecule has 2 aliphatic rings. The zero-order valence-corrected chi connectivity index (χ0v) is 13.9. The van der Waals surface area contributed by atoms with E-state index in [0.717, 1.165) is 16.3 Å². The molecule has 2 bridgehead atoms. The van der Waals surface area contributed by atoms with E-state index in [2.05, 4.69) is 28.2 Å². The monoisotopic (exact) mass is 351 g/mol. The number of ether oxygens (including phenoxy) is 1. The number of rotatable bonds is 5. The molecule has 0 saturated heterocycles. The molecule has 3 nitrogen and oxygen atoms in total. The SMILES string of the molecule is CC(NC(=O)COc1cccc(Br)c1)C1CC2CCC1C2. The fourth-order valence-electron chi connectivity index (χ4n) is 4.01. The molecule has 4 unspecified atom stereocenters. The topological polar surface area (TPSA) is 38.3 Å². The highest BCUT2D eigenvalue weighted by Crippen LogP contribution is 2.49. The van der Waals surface area contributed by atoms with Crippen LogP contribution in [0.15, 0.2) is 28.7 Å². The maximum atomic E-state index is 12.0. The molecule has 4 heteroatoms. The normalized spacial score (nSPS) is 28.4. The van der Waals surface area contributed by atoms with Crippen LogP contribution in [0.1, 0.15) is 32.6 Å². The first-order valence-electron chi connectivity index (χ1n) is 7.79. The second kappa shape index (κ2) is 6.39. The summed E-state index contributed by atoms with van der Waals surface area (Å²) < 4.78 is 6.49. The van der Waals surface area contributed by atoms with Gasteiger partial charge in [-0.1, -0.05) is 28.4 Å². The molecule has 1 amide bonds. The van der Waals surface area contributed by atoms with Crippen LogP contribution in [0, 0.1) is 17.8 Å². The van der Waals surface area contributed by atoms with Gasteiger partial charge in [0.15, 0.2) is 6.61 Å². The van der Waals surface area contributed by atoms with Crippen LogP contribution in [0.2, 0.25) is 0 Å². The summed E-state index contributed by atoms with van der Waals surface area (Å²) in [6.45, 7) is 2.23. The van der Waals surface area contributed by atoms with Crippen molar-refractivity contribution in [1.29, 1.82) is 0 Å². The molecule has 1 N–H and O–H groups in total. The summed E-state index contributed by atoms with van der Waals surface area (Å²) in [5.41, 5.74) is 0. The summed E-state index contributed by atoms with van der Waals surface area (Å²) in [7, 11) is 0. The van der Waals surface area contributed by atoms with Crippen molar-refractivity contribution in [1.82, 2.24) is 5.32 Å². The van der Waals surface area contributed by atoms with Crippen molar-refractivity contribution < 1.29 is 9.53 Å². The summed E-state index contributed by atoms with van der Waals surface area (Å²) in [4.78, 5) is 12.0. The van der Waals surface area contributed by atoms with Gasteiger partial charge < -0.3 is 10.1 Å². The molecule has 2 saturated carbocycles. The van der Waals surface area contributed by atoms with Crippen molar-refractivity contribution in [3.63, 3.8) is 0 Å². The van der Waals surface area contributed by atoms with Crippen molar-refractivity contribution in [3.05, 3.63) is 28.7 Å². The first-order chi connectivity index (χ1) is 10.1. The molecule has 1 aromatic carbocycles. The van der Waals surface area contributed by atoms with Crippen LogP contribution in [0.5, 0.6) is 5.75 Å². The molecule has 0 aliphatic heterocycles. The van der Waals surface area contributed by atoms with Crippen LogP contribution < -0.4 is 10.1 Å². The van der Waals surface area contributed by atoms with E-state index in [-0.39, 0.29) is 18.6 Å². The van der Waals surface area contributed by atoms with Crippen LogP contribution in [0.25, 0.3) is 0 Å². The first kappa shape index (κ1) is 14.9. The summed E-state index contributed by atoms with van der Waals surface area (Å²) in [5, 5.41) is 3.12. The zero-order chi connectivity index (χ0) is 14.8. The summed E-state index contributed by atoms with van der Waals surface area (Å²) in [6, 6.07) is 7.82. The molecule has 21 heavy (non-hydrogen) atoms. The molecule has 1 aromatic rings. The number of hydrogen-bond acceptors (Lipinski definition) is 2. The van der Waals surface area contributed by atoms with E-state index in [1.54, 1.807) is 0 Å². The lowest BCUT2D eigenvalue weighted by Gasteiger charge is -2.28. The van der Waals surface area contributed by atoms with Gasteiger partial charge in [-0.3, -0.25) is 4.79 Å². The lowest BCUT2D eigenvalue weighted by Crippen LogP contribution is -2.42. The molecule has 2 fully saturated rings. The molecule has 0 spiro atoms. The van der Waals surface area contributed by atoms with Crippen LogP contribution in [0.3, 0.4) is 0 Å². The van der Waals surface area contributed by atoms with Crippen LogP contribution in [0.4, 0.5) is 0 Å². The summed E-state index contributed by atoms with van der Waals surface area (Å²) >= 11 is 3.39. The predicted octanol–water partition coefficient (Wildman–Crippen LogP) is 3.77. The van der Waals surface area contributed by atoms with E-state index in [1.807, 2.05) is 24.3 Å². The highest BCUT2D eigenvalue weighted by molar-refractivity contribution is 9.10. The van der Waals surface area contributed by atoms with E-state index in [0.29, 0.717) is 11.7 Å². The zero-order valence-electron chi connectivity index (χ0n) is 12.3.